The van der Waals surface area contributed by atoms with Gasteiger partial charge < -0.3 is 16.8 Å². The van der Waals surface area contributed by atoms with E-state index in [0.29, 0.717) is 5.69 Å². The number of nitrogens with zero attached hydrogens (tertiary/aromatic N) is 1. The summed E-state index contributed by atoms with van der Waals surface area (Å²) in [5, 5.41) is 2.44. The largest absolute Gasteiger partial charge is 0.370 e. The predicted molar refractivity (Wildman–Crippen MR) is 55.7 cm³/mol. The number of rotatable bonds is 3. The van der Waals surface area contributed by atoms with Crippen molar-refractivity contribution < 1.29 is 9.18 Å². The maximum atomic E-state index is 12.7. The van der Waals surface area contributed by atoms with Crippen LogP contribution in [0.5, 0.6) is 0 Å². The fraction of sp³-hybridized carbons (Fsp3) is 0.111. The Hall–Kier alpha value is -2.11. The molecule has 0 saturated carbocycles. The van der Waals surface area contributed by atoms with Crippen molar-refractivity contribution in [3.8, 4) is 0 Å². The summed E-state index contributed by atoms with van der Waals surface area (Å²) in [5.74, 6) is -0.993. The van der Waals surface area contributed by atoms with E-state index in [0.717, 1.165) is 0 Å². The highest BCUT2D eigenvalue weighted by Gasteiger charge is 2.01. The van der Waals surface area contributed by atoms with E-state index in [1.54, 1.807) is 6.07 Å². The summed E-state index contributed by atoms with van der Waals surface area (Å²) in [5.41, 5.74) is 10.5. The molecule has 0 spiro atoms. The van der Waals surface area contributed by atoms with E-state index < -0.39 is 11.7 Å². The standard InChI is InChI=1S/C9H11FN4O/c10-6-2-1-3-7(4-6)14-8(15)5-13-9(11)12/h1-4H,5H2,(H,14,15)(H4,11,12,13). The van der Waals surface area contributed by atoms with Gasteiger partial charge >= 0.3 is 0 Å². The summed E-state index contributed by atoms with van der Waals surface area (Å²) in [6, 6.07) is 5.54. The van der Waals surface area contributed by atoms with Crippen molar-refractivity contribution in [3.05, 3.63) is 30.1 Å². The lowest BCUT2D eigenvalue weighted by molar-refractivity contribution is -0.114. The molecule has 80 valence electrons. The fourth-order valence-electron chi connectivity index (χ4n) is 0.930. The van der Waals surface area contributed by atoms with Crippen molar-refractivity contribution in [3.63, 3.8) is 0 Å². The van der Waals surface area contributed by atoms with Gasteiger partial charge in [0, 0.05) is 5.69 Å². The number of hydrogen-bond donors (Lipinski definition) is 3. The third kappa shape index (κ3) is 4.08. The third-order valence-corrected chi connectivity index (χ3v) is 1.51. The summed E-state index contributed by atoms with van der Waals surface area (Å²) in [6.07, 6.45) is 0. The summed E-state index contributed by atoms with van der Waals surface area (Å²) in [6.45, 7) is -0.182. The van der Waals surface area contributed by atoms with Crippen molar-refractivity contribution in [1.82, 2.24) is 0 Å². The van der Waals surface area contributed by atoms with Crippen LogP contribution < -0.4 is 16.8 Å². The molecular weight excluding hydrogens is 199 g/mol. The van der Waals surface area contributed by atoms with Crippen LogP contribution in [0.15, 0.2) is 29.3 Å². The molecule has 1 rings (SSSR count). The number of guanidine groups is 1. The Balaban J connectivity index is 2.55. The molecule has 0 unspecified atom stereocenters. The number of aliphatic imine (C=N–C) groups is 1. The topological polar surface area (TPSA) is 93.5 Å². The van der Waals surface area contributed by atoms with Crippen LogP contribution in [0.1, 0.15) is 0 Å². The molecule has 0 heterocycles. The number of carbonyl (C=O) groups is 1. The molecule has 0 fully saturated rings. The van der Waals surface area contributed by atoms with Gasteiger partial charge in [-0.3, -0.25) is 4.79 Å². The maximum absolute atomic E-state index is 12.7. The molecule has 1 aromatic carbocycles. The Morgan fingerprint density at radius 2 is 2.20 bits per heavy atom. The molecule has 0 aliphatic carbocycles. The summed E-state index contributed by atoms with van der Waals surface area (Å²) in [4.78, 5) is 14.7. The quantitative estimate of drug-likeness (QED) is 0.485. The van der Waals surface area contributed by atoms with E-state index in [4.69, 9.17) is 11.5 Å². The third-order valence-electron chi connectivity index (χ3n) is 1.51. The van der Waals surface area contributed by atoms with Gasteiger partial charge in [-0.1, -0.05) is 6.07 Å². The van der Waals surface area contributed by atoms with Crippen molar-refractivity contribution in [1.29, 1.82) is 0 Å². The van der Waals surface area contributed by atoms with Gasteiger partial charge in [0.15, 0.2) is 5.96 Å². The van der Waals surface area contributed by atoms with Crippen LogP contribution >= 0.6 is 0 Å². The van der Waals surface area contributed by atoms with Gasteiger partial charge in [-0.2, -0.15) is 0 Å². The SMILES string of the molecule is NC(N)=NCC(=O)Nc1cccc(F)c1. The zero-order chi connectivity index (χ0) is 11.3. The van der Waals surface area contributed by atoms with Crippen LogP contribution in [0.2, 0.25) is 0 Å². The number of anilines is 1. The van der Waals surface area contributed by atoms with Gasteiger partial charge in [-0.05, 0) is 18.2 Å². The number of amides is 1. The molecule has 0 atom stereocenters. The van der Waals surface area contributed by atoms with E-state index in [1.807, 2.05) is 0 Å². The predicted octanol–water partition coefficient (Wildman–Crippen LogP) is 0.0376. The minimum Gasteiger partial charge on any atom is -0.370 e. The highest BCUT2D eigenvalue weighted by atomic mass is 19.1. The van der Waals surface area contributed by atoms with E-state index in [9.17, 15) is 9.18 Å². The number of nitrogens with two attached hydrogens (primary N) is 2. The maximum Gasteiger partial charge on any atom is 0.246 e. The molecule has 15 heavy (non-hydrogen) atoms. The first-order chi connectivity index (χ1) is 7.08. The van der Waals surface area contributed by atoms with Crippen LogP contribution in [-0.2, 0) is 4.79 Å². The molecule has 0 aliphatic heterocycles. The zero-order valence-corrected chi connectivity index (χ0v) is 7.90. The number of carbonyl (C=O) groups excluding carboxylic acids is 1. The first kappa shape index (κ1) is 11.0. The molecular formula is C9H11FN4O. The molecule has 1 aromatic rings. The lowest BCUT2D eigenvalue weighted by Gasteiger charge is -2.02. The van der Waals surface area contributed by atoms with Gasteiger partial charge in [0.2, 0.25) is 5.91 Å². The van der Waals surface area contributed by atoms with E-state index in [1.165, 1.54) is 18.2 Å². The number of hydrogen-bond acceptors (Lipinski definition) is 2. The second kappa shape index (κ2) is 4.94. The lowest BCUT2D eigenvalue weighted by atomic mass is 10.3. The highest BCUT2D eigenvalue weighted by Crippen LogP contribution is 2.08. The van der Waals surface area contributed by atoms with E-state index >= 15 is 0 Å². The fourth-order valence-corrected chi connectivity index (χ4v) is 0.930. The molecule has 0 aliphatic rings. The normalized spacial score (nSPS) is 9.40. The average Bonchev–Trinajstić information content (AvgIpc) is 2.15. The number of benzene rings is 1. The smallest absolute Gasteiger partial charge is 0.246 e. The molecule has 6 heteroatoms. The van der Waals surface area contributed by atoms with Crippen molar-refractivity contribution in [2.75, 3.05) is 11.9 Å². The van der Waals surface area contributed by atoms with Crippen LogP contribution in [0.3, 0.4) is 0 Å². The van der Waals surface area contributed by atoms with E-state index in [2.05, 4.69) is 10.3 Å². The van der Waals surface area contributed by atoms with Crippen LogP contribution in [0.4, 0.5) is 10.1 Å². The molecule has 1 amide bonds. The van der Waals surface area contributed by atoms with Gasteiger partial charge in [0.1, 0.15) is 12.4 Å². The Kier molecular flexibility index (Phi) is 3.61. The van der Waals surface area contributed by atoms with Gasteiger partial charge in [0.05, 0.1) is 0 Å². The van der Waals surface area contributed by atoms with Gasteiger partial charge in [0.25, 0.3) is 0 Å². The Labute approximate surface area is 86.0 Å². The monoisotopic (exact) mass is 210 g/mol. The van der Waals surface area contributed by atoms with Crippen LogP contribution in [0.25, 0.3) is 0 Å². The zero-order valence-electron chi connectivity index (χ0n) is 7.90. The summed E-state index contributed by atoms with van der Waals surface area (Å²) < 4.78 is 12.7. The Bertz CT molecular complexity index is 387. The minimum absolute atomic E-state index is 0.163. The Morgan fingerprint density at radius 1 is 1.47 bits per heavy atom. The second-order valence-electron chi connectivity index (χ2n) is 2.80. The Morgan fingerprint density at radius 3 is 2.80 bits per heavy atom. The van der Waals surface area contributed by atoms with E-state index in [-0.39, 0.29) is 12.5 Å². The van der Waals surface area contributed by atoms with Crippen molar-refractivity contribution in [2.45, 2.75) is 0 Å². The molecule has 5 N–H and O–H groups in total. The highest BCUT2D eigenvalue weighted by molar-refractivity contribution is 5.93. The lowest BCUT2D eigenvalue weighted by Crippen LogP contribution is -2.25. The average molecular weight is 210 g/mol. The minimum atomic E-state index is -0.422. The molecule has 0 radical (unpaired) electrons. The molecule has 0 aromatic heterocycles. The van der Waals surface area contributed by atoms with Gasteiger partial charge in [-0.15, -0.1) is 0 Å². The summed E-state index contributed by atoms with van der Waals surface area (Å²) >= 11 is 0. The van der Waals surface area contributed by atoms with Crippen molar-refractivity contribution >= 4 is 17.6 Å². The first-order valence-electron chi connectivity index (χ1n) is 4.19. The molecule has 0 bridgehead atoms. The number of halogens is 1. The second-order valence-corrected chi connectivity index (χ2v) is 2.80. The van der Waals surface area contributed by atoms with Gasteiger partial charge in [-0.25, -0.2) is 9.38 Å². The first-order valence-corrected chi connectivity index (χ1v) is 4.19. The summed E-state index contributed by atoms with van der Waals surface area (Å²) in [7, 11) is 0. The van der Waals surface area contributed by atoms with Crippen LogP contribution in [0, 0.1) is 5.82 Å². The molecule has 5 nitrogen and oxygen atoms in total. The molecule has 0 saturated heterocycles. The number of nitrogens with one attached hydrogen (secondary N) is 1. The van der Waals surface area contributed by atoms with Crippen molar-refractivity contribution in [2.24, 2.45) is 16.5 Å². The van der Waals surface area contributed by atoms with Crippen LogP contribution in [-0.4, -0.2) is 18.4 Å².